The summed E-state index contributed by atoms with van der Waals surface area (Å²) >= 11 is 0. The van der Waals surface area contributed by atoms with Gasteiger partial charge in [0, 0.05) is 13.2 Å². The molecule has 0 spiro atoms. The molecule has 0 aliphatic carbocycles. The maximum absolute atomic E-state index is 5.41. The third-order valence-electron chi connectivity index (χ3n) is 2.62. The lowest BCUT2D eigenvalue weighted by atomic mass is 9.95. The lowest BCUT2D eigenvalue weighted by Gasteiger charge is -2.28. The third kappa shape index (κ3) is 6.17. The summed E-state index contributed by atoms with van der Waals surface area (Å²) < 4.78 is 5.41. The first-order valence-corrected chi connectivity index (χ1v) is 5.28. The van der Waals surface area contributed by atoms with Crippen molar-refractivity contribution in [2.75, 3.05) is 14.2 Å². The van der Waals surface area contributed by atoms with Crippen LogP contribution in [0.5, 0.6) is 0 Å². The molecule has 0 amide bonds. The van der Waals surface area contributed by atoms with E-state index in [0.29, 0.717) is 6.04 Å². The number of rotatable bonds is 7. The van der Waals surface area contributed by atoms with Crippen molar-refractivity contribution in [3.05, 3.63) is 12.2 Å². The van der Waals surface area contributed by atoms with E-state index < -0.39 is 0 Å². The fraction of sp³-hybridized carbons (Fsp3) is 0.833. The van der Waals surface area contributed by atoms with Gasteiger partial charge in [0.2, 0.25) is 0 Å². The number of nitrogens with one attached hydrogen (secondary N) is 1. The molecular formula is C12H25NO. The van der Waals surface area contributed by atoms with Crippen LogP contribution >= 0.6 is 0 Å². The van der Waals surface area contributed by atoms with Gasteiger partial charge in [-0.1, -0.05) is 5.57 Å². The van der Waals surface area contributed by atoms with E-state index in [4.69, 9.17) is 4.74 Å². The zero-order chi connectivity index (χ0) is 11.2. The molecule has 0 aromatic carbocycles. The van der Waals surface area contributed by atoms with Crippen LogP contribution in [-0.4, -0.2) is 25.8 Å². The van der Waals surface area contributed by atoms with Crippen LogP contribution in [-0.2, 0) is 4.74 Å². The van der Waals surface area contributed by atoms with Gasteiger partial charge in [-0.15, -0.1) is 6.58 Å². The van der Waals surface area contributed by atoms with Gasteiger partial charge in [-0.2, -0.15) is 0 Å². The monoisotopic (exact) mass is 199 g/mol. The average molecular weight is 199 g/mol. The number of hydrogen-bond donors (Lipinski definition) is 1. The van der Waals surface area contributed by atoms with Crippen molar-refractivity contribution in [2.45, 2.75) is 51.7 Å². The molecule has 1 N–H and O–H groups in total. The van der Waals surface area contributed by atoms with Crippen molar-refractivity contribution in [1.29, 1.82) is 0 Å². The minimum absolute atomic E-state index is 0.0389. The molecule has 1 unspecified atom stereocenters. The van der Waals surface area contributed by atoms with Crippen molar-refractivity contribution in [1.82, 2.24) is 5.32 Å². The van der Waals surface area contributed by atoms with Crippen molar-refractivity contribution < 1.29 is 4.74 Å². The number of ether oxygens (including phenoxy) is 1. The minimum atomic E-state index is -0.0389. The average Bonchev–Trinajstić information content (AvgIpc) is 2.12. The van der Waals surface area contributed by atoms with E-state index in [0.717, 1.165) is 19.3 Å². The van der Waals surface area contributed by atoms with Gasteiger partial charge in [-0.25, -0.2) is 0 Å². The molecule has 0 saturated heterocycles. The van der Waals surface area contributed by atoms with Crippen LogP contribution in [0, 0.1) is 0 Å². The van der Waals surface area contributed by atoms with Gasteiger partial charge in [0.05, 0.1) is 5.60 Å². The summed E-state index contributed by atoms with van der Waals surface area (Å²) in [5, 5.41) is 3.33. The second-order valence-electron chi connectivity index (χ2n) is 4.65. The summed E-state index contributed by atoms with van der Waals surface area (Å²) in [4.78, 5) is 0. The fourth-order valence-corrected chi connectivity index (χ4v) is 1.45. The molecule has 14 heavy (non-hydrogen) atoms. The molecule has 2 heteroatoms. The second kappa shape index (κ2) is 6.20. The summed E-state index contributed by atoms with van der Waals surface area (Å²) in [5.41, 5.74) is 1.21. The van der Waals surface area contributed by atoms with Crippen molar-refractivity contribution in [2.24, 2.45) is 0 Å². The summed E-state index contributed by atoms with van der Waals surface area (Å²) in [6, 6.07) is 0.515. The van der Waals surface area contributed by atoms with Gasteiger partial charge in [-0.3, -0.25) is 0 Å². The standard InChI is InChI=1S/C12H25NO/c1-10(2)7-8-11(13-5)9-12(3,4)14-6/h11,13H,1,7-9H2,2-6H3. The predicted molar refractivity (Wildman–Crippen MR) is 62.6 cm³/mol. The molecule has 0 fully saturated rings. The van der Waals surface area contributed by atoms with E-state index in [1.54, 1.807) is 7.11 Å². The molecule has 0 aromatic rings. The van der Waals surface area contributed by atoms with Gasteiger partial charge < -0.3 is 10.1 Å². The highest BCUT2D eigenvalue weighted by atomic mass is 16.5. The largest absolute Gasteiger partial charge is 0.379 e. The molecule has 2 nitrogen and oxygen atoms in total. The molecule has 0 heterocycles. The van der Waals surface area contributed by atoms with Crippen LogP contribution in [0.3, 0.4) is 0 Å². The van der Waals surface area contributed by atoms with Crippen LogP contribution in [0.4, 0.5) is 0 Å². The first-order valence-electron chi connectivity index (χ1n) is 5.28. The van der Waals surface area contributed by atoms with Crippen molar-refractivity contribution >= 4 is 0 Å². The number of hydrogen-bond acceptors (Lipinski definition) is 2. The van der Waals surface area contributed by atoms with Crippen LogP contribution < -0.4 is 5.32 Å². The SMILES string of the molecule is C=C(C)CCC(CC(C)(C)OC)NC. The van der Waals surface area contributed by atoms with Crippen molar-refractivity contribution in [3.63, 3.8) is 0 Å². The molecular weight excluding hydrogens is 174 g/mol. The maximum Gasteiger partial charge on any atom is 0.0637 e. The summed E-state index contributed by atoms with van der Waals surface area (Å²) in [5.74, 6) is 0. The Morgan fingerprint density at radius 1 is 1.50 bits per heavy atom. The Kier molecular flexibility index (Phi) is 6.05. The molecule has 0 rings (SSSR count). The van der Waals surface area contributed by atoms with Crippen LogP contribution in [0.2, 0.25) is 0 Å². The Balaban J connectivity index is 3.96. The highest BCUT2D eigenvalue weighted by Gasteiger charge is 2.21. The highest BCUT2D eigenvalue weighted by Crippen LogP contribution is 2.18. The first-order chi connectivity index (χ1) is 6.41. The Labute approximate surface area is 88.7 Å². The van der Waals surface area contributed by atoms with E-state index in [9.17, 15) is 0 Å². The maximum atomic E-state index is 5.41. The third-order valence-corrected chi connectivity index (χ3v) is 2.62. The van der Waals surface area contributed by atoms with E-state index in [1.165, 1.54) is 5.57 Å². The topological polar surface area (TPSA) is 21.3 Å². The van der Waals surface area contributed by atoms with Crippen molar-refractivity contribution in [3.8, 4) is 0 Å². The van der Waals surface area contributed by atoms with Gasteiger partial charge in [0.1, 0.15) is 0 Å². The summed E-state index contributed by atoms with van der Waals surface area (Å²) in [7, 11) is 3.78. The smallest absolute Gasteiger partial charge is 0.0637 e. The van der Waals surface area contributed by atoms with E-state index in [2.05, 4.69) is 32.7 Å². The normalized spacial score (nSPS) is 14.1. The zero-order valence-corrected chi connectivity index (χ0v) is 10.3. The minimum Gasteiger partial charge on any atom is -0.379 e. The van der Waals surface area contributed by atoms with Gasteiger partial charge in [0.15, 0.2) is 0 Å². The molecule has 1 atom stereocenters. The molecule has 0 aliphatic heterocycles. The lowest BCUT2D eigenvalue weighted by molar-refractivity contribution is 0.00704. The molecule has 0 aliphatic rings. The molecule has 84 valence electrons. The molecule has 0 bridgehead atoms. The lowest BCUT2D eigenvalue weighted by Crippen LogP contribution is -2.35. The fourth-order valence-electron chi connectivity index (χ4n) is 1.45. The number of methoxy groups -OCH3 is 1. The quantitative estimate of drug-likeness (QED) is 0.637. The van der Waals surface area contributed by atoms with Gasteiger partial charge in [-0.05, 0) is 47.1 Å². The van der Waals surface area contributed by atoms with E-state index >= 15 is 0 Å². The van der Waals surface area contributed by atoms with Gasteiger partial charge in [0.25, 0.3) is 0 Å². The van der Waals surface area contributed by atoms with Crippen LogP contribution in [0.1, 0.15) is 40.0 Å². The molecule has 0 saturated carbocycles. The first kappa shape index (κ1) is 13.7. The highest BCUT2D eigenvalue weighted by molar-refractivity contribution is 4.90. The van der Waals surface area contributed by atoms with Gasteiger partial charge >= 0.3 is 0 Å². The summed E-state index contributed by atoms with van der Waals surface area (Å²) in [6.07, 6.45) is 3.26. The molecule has 0 radical (unpaired) electrons. The Hall–Kier alpha value is -0.340. The molecule has 0 aromatic heterocycles. The zero-order valence-electron chi connectivity index (χ0n) is 10.3. The summed E-state index contributed by atoms with van der Waals surface area (Å²) in [6.45, 7) is 10.2. The Morgan fingerprint density at radius 2 is 2.07 bits per heavy atom. The van der Waals surface area contributed by atoms with E-state index in [-0.39, 0.29) is 5.60 Å². The second-order valence-corrected chi connectivity index (χ2v) is 4.65. The van der Waals surface area contributed by atoms with Crippen LogP contribution in [0.15, 0.2) is 12.2 Å². The number of allylic oxidation sites excluding steroid dienone is 1. The predicted octanol–water partition coefficient (Wildman–Crippen LogP) is 2.75. The van der Waals surface area contributed by atoms with E-state index in [1.807, 2.05) is 7.05 Å². The van der Waals surface area contributed by atoms with Crippen LogP contribution in [0.25, 0.3) is 0 Å². The Morgan fingerprint density at radius 3 is 2.43 bits per heavy atom. The Bertz CT molecular complexity index is 175.